The van der Waals surface area contributed by atoms with Crippen LogP contribution in [0.4, 0.5) is 4.39 Å². The second-order valence-corrected chi connectivity index (χ2v) is 5.20. The molecule has 1 aromatic rings. The largest absolute Gasteiger partial charge is 0.493 e. The van der Waals surface area contributed by atoms with Crippen LogP contribution in [0.15, 0.2) is 24.3 Å². The summed E-state index contributed by atoms with van der Waals surface area (Å²) >= 11 is 0. The highest BCUT2D eigenvalue weighted by atomic mass is 19.1. The molecule has 1 amide bonds. The van der Waals surface area contributed by atoms with Crippen LogP contribution < -0.4 is 10.1 Å². The molecule has 0 saturated carbocycles. The van der Waals surface area contributed by atoms with E-state index in [-0.39, 0.29) is 37.4 Å². The van der Waals surface area contributed by atoms with E-state index in [1.54, 1.807) is 6.92 Å². The third-order valence-electron chi connectivity index (χ3n) is 3.66. The first-order valence-corrected chi connectivity index (χ1v) is 6.99. The molecule has 2 N–H and O–H groups in total. The van der Waals surface area contributed by atoms with Gasteiger partial charge in [-0.05, 0) is 31.2 Å². The zero-order chi connectivity index (χ0) is 15.3. The van der Waals surface area contributed by atoms with Gasteiger partial charge in [0, 0.05) is 19.6 Å². The van der Waals surface area contributed by atoms with E-state index >= 15 is 0 Å². The molecule has 0 radical (unpaired) electrons. The summed E-state index contributed by atoms with van der Waals surface area (Å²) in [7, 11) is 0. The predicted octanol–water partition coefficient (Wildman–Crippen LogP) is 1.25. The SMILES string of the molecule is CC1OCCC1(O)CNC(=O)CCOc1ccc(F)cc1. The van der Waals surface area contributed by atoms with Gasteiger partial charge in [0.2, 0.25) is 5.91 Å². The number of amides is 1. The number of hydrogen-bond acceptors (Lipinski definition) is 4. The minimum Gasteiger partial charge on any atom is -0.493 e. The van der Waals surface area contributed by atoms with E-state index in [0.29, 0.717) is 18.8 Å². The van der Waals surface area contributed by atoms with Crippen LogP contribution in [0.1, 0.15) is 19.8 Å². The molecule has 116 valence electrons. The summed E-state index contributed by atoms with van der Waals surface area (Å²) in [6, 6.07) is 5.61. The van der Waals surface area contributed by atoms with Crippen LogP contribution in [-0.2, 0) is 9.53 Å². The smallest absolute Gasteiger partial charge is 0.223 e. The second-order valence-electron chi connectivity index (χ2n) is 5.20. The van der Waals surface area contributed by atoms with E-state index in [9.17, 15) is 14.3 Å². The average molecular weight is 297 g/mol. The molecule has 21 heavy (non-hydrogen) atoms. The molecular weight excluding hydrogens is 277 g/mol. The van der Waals surface area contributed by atoms with Gasteiger partial charge in [-0.3, -0.25) is 4.79 Å². The van der Waals surface area contributed by atoms with Crippen molar-refractivity contribution >= 4 is 5.91 Å². The average Bonchev–Trinajstić information content (AvgIpc) is 2.79. The second kappa shape index (κ2) is 6.87. The number of halogens is 1. The molecule has 1 aliphatic heterocycles. The Morgan fingerprint density at radius 2 is 2.24 bits per heavy atom. The maximum Gasteiger partial charge on any atom is 0.223 e. The molecular formula is C15H20FNO4. The van der Waals surface area contributed by atoms with Crippen molar-refractivity contribution < 1.29 is 23.8 Å². The van der Waals surface area contributed by atoms with E-state index in [0.717, 1.165) is 0 Å². The van der Waals surface area contributed by atoms with Gasteiger partial charge in [0.05, 0.1) is 19.1 Å². The lowest BCUT2D eigenvalue weighted by Gasteiger charge is -2.26. The molecule has 1 aromatic carbocycles. The number of ether oxygens (including phenoxy) is 2. The number of benzene rings is 1. The van der Waals surface area contributed by atoms with E-state index in [4.69, 9.17) is 9.47 Å². The lowest BCUT2D eigenvalue weighted by Crippen LogP contribution is -2.47. The molecule has 2 atom stereocenters. The van der Waals surface area contributed by atoms with Crippen LogP contribution >= 0.6 is 0 Å². The van der Waals surface area contributed by atoms with E-state index in [1.165, 1.54) is 24.3 Å². The van der Waals surface area contributed by atoms with E-state index in [1.807, 2.05) is 0 Å². The van der Waals surface area contributed by atoms with Crippen molar-refractivity contribution in [2.75, 3.05) is 19.8 Å². The first kappa shape index (κ1) is 15.7. The highest BCUT2D eigenvalue weighted by molar-refractivity contribution is 5.76. The Hall–Kier alpha value is -1.66. The number of hydrogen-bond donors (Lipinski definition) is 2. The van der Waals surface area contributed by atoms with Crippen molar-refractivity contribution in [1.82, 2.24) is 5.32 Å². The Labute approximate surface area is 123 Å². The fraction of sp³-hybridized carbons (Fsp3) is 0.533. The third-order valence-corrected chi connectivity index (χ3v) is 3.66. The van der Waals surface area contributed by atoms with Crippen LogP contribution in [-0.4, -0.2) is 42.5 Å². The van der Waals surface area contributed by atoms with Crippen LogP contribution in [0, 0.1) is 5.82 Å². The van der Waals surface area contributed by atoms with Gasteiger partial charge in [-0.2, -0.15) is 0 Å². The van der Waals surface area contributed by atoms with Crippen molar-refractivity contribution in [3.8, 4) is 5.75 Å². The normalized spacial score (nSPS) is 24.8. The molecule has 1 saturated heterocycles. The lowest BCUT2D eigenvalue weighted by atomic mass is 9.97. The number of aliphatic hydroxyl groups is 1. The summed E-state index contributed by atoms with van der Waals surface area (Å²) in [5.74, 6) is -0.0217. The van der Waals surface area contributed by atoms with Gasteiger partial charge < -0.3 is 19.9 Å². The summed E-state index contributed by atoms with van der Waals surface area (Å²) in [4.78, 5) is 11.7. The van der Waals surface area contributed by atoms with Crippen molar-refractivity contribution in [2.45, 2.75) is 31.5 Å². The molecule has 0 spiro atoms. The first-order valence-electron chi connectivity index (χ1n) is 6.99. The Kier molecular flexibility index (Phi) is 5.14. The van der Waals surface area contributed by atoms with Gasteiger partial charge in [0.25, 0.3) is 0 Å². The highest BCUT2D eigenvalue weighted by Gasteiger charge is 2.39. The van der Waals surface area contributed by atoms with Crippen molar-refractivity contribution in [3.05, 3.63) is 30.1 Å². The third kappa shape index (κ3) is 4.41. The van der Waals surface area contributed by atoms with Gasteiger partial charge in [0.15, 0.2) is 0 Å². The first-order chi connectivity index (χ1) is 9.99. The quantitative estimate of drug-likeness (QED) is 0.829. The van der Waals surface area contributed by atoms with Gasteiger partial charge in [-0.1, -0.05) is 0 Å². The van der Waals surface area contributed by atoms with Crippen molar-refractivity contribution in [3.63, 3.8) is 0 Å². The Bertz CT molecular complexity index is 479. The molecule has 2 unspecified atom stereocenters. The number of carbonyl (C=O) groups is 1. The predicted molar refractivity (Wildman–Crippen MR) is 74.5 cm³/mol. The zero-order valence-corrected chi connectivity index (χ0v) is 12.0. The molecule has 0 bridgehead atoms. The topological polar surface area (TPSA) is 67.8 Å². The summed E-state index contributed by atoms with van der Waals surface area (Å²) in [6.07, 6.45) is 0.400. The van der Waals surface area contributed by atoms with Crippen LogP contribution in [0.3, 0.4) is 0 Å². The fourth-order valence-electron chi connectivity index (χ4n) is 2.14. The summed E-state index contributed by atoms with van der Waals surface area (Å²) in [5.41, 5.74) is -0.993. The molecule has 1 heterocycles. The van der Waals surface area contributed by atoms with Gasteiger partial charge in [0.1, 0.15) is 17.2 Å². The van der Waals surface area contributed by atoms with Crippen LogP contribution in [0.25, 0.3) is 0 Å². The Morgan fingerprint density at radius 3 is 2.86 bits per heavy atom. The van der Waals surface area contributed by atoms with Crippen molar-refractivity contribution in [1.29, 1.82) is 0 Å². The van der Waals surface area contributed by atoms with E-state index in [2.05, 4.69) is 5.32 Å². The monoisotopic (exact) mass is 297 g/mol. The molecule has 1 aliphatic rings. The van der Waals surface area contributed by atoms with Crippen LogP contribution in [0.5, 0.6) is 5.75 Å². The maximum atomic E-state index is 12.7. The number of carbonyl (C=O) groups excluding carboxylic acids is 1. The zero-order valence-electron chi connectivity index (χ0n) is 12.0. The molecule has 5 nitrogen and oxygen atoms in total. The van der Waals surface area contributed by atoms with Gasteiger partial charge in [-0.25, -0.2) is 4.39 Å². The Morgan fingerprint density at radius 1 is 1.52 bits per heavy atom. The molecule has 1 fully saturated rings. The lowest BCUT2D eigenvalue weighted by molar-refractivity contribution is -0.123. The number of rotatable bonds is 6. The standard InChI is InChI=1S/C15H20FNO4/c1-11-15(19,7-9-20-11)10-17-14(18)6-8-21-13-4-2-12(16)3-5-13/h2-5,11,19H,6-10H2,1H3,(H,17,18). The number of nitrogens with one attached hydrogen (secondary N) is 1. The Balaban J connectivity index is 1.67. The van der Waals surface area contributed by atoms with Crippen LogP contribution in [0.2, 0.25) is 0 Å². The summed E-state index contributed by atoms with van der Waals surface area (Å²) < 4.78 is 23.3. The highest BCUT2D eigenvalue weighted by Crippen LogP contribution is 2.24. The molecule has 0 aromatic heterocycles. The van der Waals surface area contributed by atoms with E-state index < -0.39 is 5.60 Å². The molecule has 6 heteroatoms. The minimum atomic E-state index is -0.993. The molecule has 2 rings (SSSR count). The van der Waals surface area contributed by atoms with Gasteiger partial charge in [-0.15, -0.1) is 0 Å². The minimum absolute atomic E-state index is 0.169. The summed E-state index contributed by atoms with van der Waals surface area (Å²) in [5, 5.41) is 12.9. The van der Waals surface area contributed by atoms with Gasteiger partial charge >= 0.3 is 0 Å². The maximum absolute atomic E-state index is 12.7. The summed E-state index contributed by atoms with van der Waals surface area (Å²) in [6.45, 7) is 2.66. The van der Waals surface area contributed by atoms with Crippen molar-refractivity contribution in [2.24, 2.45) is 0 Å². The fourth-order valence-corrected chi connectivity index (χ4v) is 2.14. The molecule has 0 aliphatic carbocycles.